The number of nitrogens with one attached hydrogen (secondary N) is 1. The zero-order valence-corrected chi connectivity index (χ0v) is 14.2. The molecule has 4 nitrogen and oxygen atoms in total. The van der Waals surface area contributed by atoms with E-state index in [0.717, 1.165) is 32.1 Å². The molecule has 2 rings (SSSR count). The number of carbonyl (C=O) groups is 1. The predicted octanol–water partition coefficient (Wildman–Crippen LogP) is 1.31. The van der Waals surface area contributed by atoms with Crippen molar-refractivity contribution in [3.05, 3.63) is 0 Å². The number of amides is 1. The van der Waals surface area contributed by atoms with Crippen molar-refractivity contribution in [3.8, 4) is 0 Å². The smallest absolute Gasteiger partial charge is 0.275 e. The quantitative estimate of drug-likeness (QED) is 0.664. The van der Waals surface area contributed by atoms with Gasteiger partial charge in [0.25, 0.3) is 5.91 Å². The monoisotopic (exact) mass is 297 g/mol. The van der Waals surface area contributed by atoms with Crippen LogP contribution in [0.15, 0.2) is 0 Å². The maximum Gasteiger partial charge on any atom is 0.275 e. The molecule has 4 heteroatoms. The van der Waals surface area contributed by atoms with Crippen LogP contribution >= 0.6 is 0 Å². The van der Waals surface area contributed by atoms with Gasteiger partial charge >= 0.3 is 0 Å². The lowest BCUT2D eigenvalue weighted by molar-refractivity contribution is -0.644. The number of rotatable bonds is 8. The summed E-state index contributed by atoms with van der Waals surface area (Å²) in [6.07, 6.45) is 4.92. The molecular formula is C17H33N2O2+. The van der Waals surface area contributed by atoms with E-state index in [0.29, 0.717) is 12.5 Å². The van der Waals surface area contributed by atoms with Gasteiger partial charge in [0.2, 0.25) is 0 Å². The van der Waals surface area contributed by atoms with Gasteiger partial charge in [-0.1, -0.05) is 13.8 Å². The van der Waals surface area contributed by atoms with Gasteiger partial charge in [0.15, 0.2) is 6.54 Å². The van der Waals surface area contributed by atoms with Crippen LogP contribution in [-0.2, 0) is 9.53 Å². The van der Waals surface area contributed by atoms with Crippen molar-refractivity contribution < 1.29 is 14.8 Å². The Morgan fingerprint density at radius 1 is 1.29 bits per heavy atom. The molecule has 21 heavy (non-hydrogen) atoms. The normalized spacial score (nSPS) is 33.3. The summed E-state index contributed by atoms with van der Waals surface area (Å²) in [6.45, 7) is 12.0. The number of fused-ring (bicyclic) bond motifs is 2. The molecule has 0 aromatic heterocycles. The predicted molar refractivity (Wildman–Crippen MR) is 83.9 cm³/mol. The number of nitrogens with two attached hydrogens (primary N) is 1. The Bertz CT molecular complexity index is 370. The van der Waals surface area contributed by atoms with E-state index < -0.39 is 0 Å². The molecule has 2 fully saturated rings. The minimum Gasteiger partial charge on any atom is -0.382 e. The Morgan fingerprint density at radius 3 is 2.62 bits per heavy atom. The first-order valence-corrected chi connectivity index (χ1v) is 8.62. The van der Waals surface area contributed by atoms with Crippen molar-refractivity contribution in [2.45, 2.75) is 58.9 Å². The highest BCUT2D eigenvalue weighted by Crippen LogP contribution is 2.61. The minimum atomic E-state index is -0.0217. The molecule has 2 aliphatic carbocycles. The van der Waals surface area contributed by atoms with Crippen LogP contribution in [0, 0.1) is 17.3 Å². The van der Waals surface area contributed by atoms with Crippen LogP contribution in [0.1, 0.15) is 53.4 Å². The molecule has 3 atom stereocenters. The van der Waals surface area contributed by atoms with E-state index in [1.54, 1.807) is 0 Å². The molecule has 0 aliphatic heterocycles. The first-order valence-electron chi connectivity index (χ1n) is 8.62. The van der Waals surface area contributed by atoms with Crippen LogP contribution in [0.5, 0.6) is 0 Å². The molecule has 122 valence electrons. The second-order valence-corrected chi connectivity index (χ2v) is 7.51. The van der Waals surface area contributed by atoms with E-state index in [-0.39, 0.29) is 16.9 Å². The van der Waals surface area contributed by atoms with Crippen LogP contribution < -0.4 is 10.6 Å². The van der Waals surface area contributed by atoms with E-state index in [2.05, 4.69) is 31.4 Å². The largest absolute Gasteiger partial charge is 0.382 e. The van der Waals surface area contributed by atoms with Crippen LogP contribution in [0.2, 0.25) is 0 Å². The van der Waals surface area contributed by atoms with Crippen LogP contribution in [-0.4, -0.2) is 37.7 Å². The number of hydrogen-bond acceptors (Lipinski definition) is 2. The number of ether oxygens (including phenoxy) is 1. The minimum absolute atomic E-state index is 0.0217. The lowest BCUT2D eigenvalue weighted by Gasteiger charge is -2.48. The van der Waals surface area contributed by atoms with Crippen LogP contribution in [0.25, 0.3) is 0 Å². The summed E-state index contributed by atoms with van der Waals surface area (Å²) in [7, 11) is 0. The Morgan fingerprint density at radius 2 is 2.00 bits per heavy atom. The standard InChI is InChI=1S/C17H32N2O2/c1-5-21-10-6-9-18-12-15(20)19-17(4)14-8-7-13(11-14)16(17,2)3/h13-14,18H,5-12H2,1-4H3,(H,19,20)/p+1/t13-,14+,17+/m1/s1. The van der Waals surface area contributed by atoms with Gasteiger partial charge in [-0.3, -0.25) is 4.79 Å². The summed E-state index contributed by atoms with van der Waals surface area (Å²) in [5, 5.41) is 5.47. The Labute approximate surface area is 129 Å². The van der Waals surface area contributed by atoms with Crippen molar-refractivity contribution in [2.24, 2.45) is 17.3 Å². The van der Waals surface area contributed by atoms with Crippen molar-refractivity contribution in [1.29, 1.82) is 0 Å². The molecule has 0 heterocycles. The van der Waals surface area contributed by atoms with Gasteiger partial charge < -0.3 is 15.4 Å². The van der Waals surface area contributed by atoms with Crippen LogP contribution in [0.3, 0.4) is 0 Å². The summed E-state index contributed by atoms with van der Waals surface area (Å²) in [6, 6.07) is 0. The average Bonchev–Trinajstić information content (AvgIpc) is 2.97. The van der Waals surface area contributed by atoms with Gasteiger partial charge in [0.1, 0.15) is 0 Å². The van der Waals surface area contributed by atoms with E-state index in [4.69, 9.17) is 4.74 Å². The molecule has 0 unspecified atom stereocenters. The fourth-order valence-corrected chi connectivity index (χ4v) is 4.42. The van der Waals surface area contributed by atoms with Crippen LogP contribution in [0.4, 0.5) is 0 Å². The van der Waals surface area contributed by atoms with Gasteiger partial charge in [-0.05, 0) is 50.4 Å². The molecule has 0 saturated heterocycles. The highest BCUT2D eigenvalue weighted by Gasteiger charge is 2.60. The highest BCUT2D eigenvalue weighted by atomic mass is 16.5. The number of quaternary nitrogens is 1. The molecule has 0 radical (unpaired) electrons. The molecular weight excluding hydrogens is 264 g/mol. The third-order valence-corrected chi connectivity index (χ3v) is 6.24. The molecule has 1 amide bonds. The van der Waals surface area contributed by atoms with Gasteiger partial charge in [-0.2, -0.15) is 0 Å². The van der Waals surface area contributed by atoms with Gasteiger partial charge in [-0.25, -0.2) is 0 Å². The summed E-state index contributed by atoms with van der Waals surface area (Å²) >= 11 is 0. The zero-order valence-electron chi connectivity index (χ0n) is 14.2. The fourth-order valence-electron chi connectivity index (χ4n) is 4.42. The van der Waals surface area contributed by atoms with Gasteiger partial charge in [0, 0.05) is 18.6 Å². The van der Waals surface area contributed by atoms with Crippen molar-refractivity contribution in [1.82, 2.24) is 5.32 Å². The maximum absolute atomic E-state index is 12.3. The number of carbonyl (C=O) groups excluding carboxylic acids is 1. The molecule has 2 bridgehead atoms. The summed E-state index contributed by atoms with van der Waals surface area (Å²) in [4.78, 5) is 12.3. The lowest BCUT2D eigenvalue weighted by Crippen LogP contribution is -2.87. The fraction of sp³-hybridized carbons (Fsp3) is 0.941. The molecule has 0 spiro atoms. The van der Waals surface area contributed by atoms with E-state index in [1.807, 2.05) is 6.92 Å². The molecule has 2 saturated carbocycles. The molecule has 0 aromatic rings. The van der Waals surface area contributed by atoms with Crippen molar-refractivity contribution in [3.63, 3.8) is 0 Å². The van der Waals surface area contributed by atoms with Crippen molar-refractivity contribution in [2.75, 3.05) is 26.3 Å². The average molecular weight is 297 g/mol. The Kier molecular flexibility index (Phi) is 5.31. The number of hydrogen-bond donors (Lipinski definition) is 2. The maximum atomic E-state index is 12.3. The third-order valence-electron chi connectivity index (χ3n) is 6.24. The molecule has 0 aromatic carbocycles. The molecule has 2 aliphatic rings. The Balaban J connectivity index is 1.75. The summed E-state index contributed by atoms with van der Waals surface area (Å²) in [5.74, 6) is 1.64. The second kappa shape index (κ2) is 6.66. The summed E-state index contributed by atoms with van der Waals surface area (Å²) in [5.41, 5.74) is 0.201. The first kappa shape index (κ1) is 16.8. The second-order valence-electron chi connectivity index (χ2n) is 7.51. The van der Waals surface area contributed by atoms with E-state index in [1.165, 1.54) is 19.3 Å². The summed E-state index contributed by atoms with van der Waals surface area (Å²) < 4.78 is 5.30. The highest BCUT2D eigenvalue weighted by molar-refractivity contribution is 5.77. The zero-order chi connectivity index (χ0) is 15.5. The third kappa shape index (κ3) is 3.26. The van der Waals surface area contributed by atoms with Gasteiger partial charge in [-0.15, -0.1) is 0 Å². The lowest BCUT2D eigenvalue weighted by atomic mass is 9.64. The Hall–Kier alpha value is -0.610. The SMILES string of the molecule is CCOCCC[NH2+]CC(=O)N[C@@]1(C)[C@H]2CC[C@H](C2)C1(C)C. The molecule has 3 N–H and O–H groups in total. The van der Waals surface area contributed by atoms with Crippen molar-refractivity contribution >= 4 is 5.91 Å². The van der Waals surface area contributed by atoms with Gasteiger partial charge in [0.05, 0.1) is 13.2 Å². The van der Waals surface area contributed by atoms with E-state index in [9.17, 15) is 4.79 Å². The first-order chi connectivity index (χ1) is 9.91. The topological polar surface area (TPSA) is 54.9 Å². The van der Waals surface area contributed by atoms with E-state index >= 15 is 0 Å².